The Morgan fingerprint density at radius 3 is 2.46 bits per heavy atom. The molecule has 6 heteroatoms. The predicted molar refractivity (Wildman–Crippen MR) is 113 cm³/mol. The molecule has 0 spiro atoms. The third kappa shape index (κ3) is 7.41. The van der Waals surface area contributed by atoms with Crippen LogP contribution in [0.15, 0.2) is 54.6 Å². The SMILES string of the molecule is Cl.O=C(COc1ccccc1OCc1ccccc1)NCCC1CCCNC1. The molecule has 0 radical (unpaired) electrons. The predicted octanol–water partition coefficient (Wildman–Crippen LogP) is 3.57. The number of hydrogen-bond acceptors (Lipinski definition) is 4. The van der Waals surface area contributed by atoms with Crippen molar-refractivity contribution in [3.8, 4) is 11.5 Å². The summed E-state index contributed by atoms with van der Waals surface area (Å²) in [5.41, 5.74) is 1.09. The molecule has 2 aromatic carbocycles. The fourth-order valence-corrected chi connectivity index (χ4v) is 3.20. The van der Waals surface area contributed by atoms with E-state index in [1.165, 1.54) is 12.8 Å². The minimum absolute atomic E-state index is 0. The van der Waals surface area contributed by atoms with Gasteiger partial charge in [-0.3, -0.25) is 4.79 Å². The molecule has 1 fully saturated rings. The Balaban J connectivity index is 0.00000280. The summed E-state index contributed by atoms with van der Waals surface area (Å²) in [5, 5.41) is 6.34. The van der Waals surface area contributed by atoms with Crippen LogP contribution in [0.4, 0.5) is 0 Å². The molecule has 1 aliphatic heterocycles. The number of hydrogen-bond donors (Lipinski definition) is 2. The zero-order valence-corrected chi connectivity index (χ0v) is 16.9. The van der Waals surface area contributed by atoms with Gasteiger partial charge in [0.15, 0.2) is 18.1 Å². The van der Waals surface area contributed by atoms with Crippen LogP contribution in [0.1, 0.15) is 24.8 Å². The average Bonchev–Trinajstić information content (AvgIpc) is 2.73. The number of rotatable bonds is 9. The number of halogens is 1. The lowest BCUT2D eigenvalue weighted by atomic mass is 9.96. The van der Waals surface area contributed by atoms with E-state index in [-0.39, 0.29) is 24.9 Å². The zero-order chi connectivity index (χ0) is 18.7. The molecule has 1 heterocycles. The van der Waals surface area contributed by atoms with Crippen molar-refractivity contribution in [1.29, 1.82) is 0 Å². The highest BCUT2D eigenvalue weighted by Crippen LogP contribution is 2.27. The van der Waals surface area contributed by atoms with Crippen LogP contribution >= 0.6 is 12.4 Å². The molecule has 0 saturated carbocycles. The van der Waals surface area contributed by atoms with Crippen molar-refractivity contribution in [3.63, 3.8) is 0 Å². The number of carbonyl (C=O) groups is 1. The van der Waals surface area contributed by atoms with Gasteiger partial charge in [-0.15, -0.1) is 12.4 Å². The van der Waals surface area contributed by atoms with Gasteiger partial charge in [0.25, 0.3) is 5.91 Å². The Morgan fingerprint density at radius 1 is 1.04 bits per heavy atom. The van der Waals surface area contributed by atoms with Crippen molar-refractivity contribution < 1.29 is 14.3 Å². The summed E-state index contributed by atoms with van der Waals surface area (Å²) < 4.78 is 11.5. The monoisotopic (exact) mass is 404 g/mol. The topological polar surface area (TPSA) is 59.6 Å². The van der Waals surface area contributed by atoms with Gasteiger partial charge in [0.05, 0.1) is 0 Å². The van der Waals surface area contributed by atoms with E-state index >= 15 is 0 Å². The highest BCUT2D eigenvalue weighted by molar-refractivity contribution is 5.85. The first-order valence-corrected chi connectivity index (χ1v) is 9.67. The third-order valence-electron chi connectivity index (χ3n) is 4.72. The second-order valence-corrected chi connectivity index (χ2v) is 6.86. The molecule has 2 aromatic rings. The van der Waals surface area contributed by atoms with E-state index in [0.717, 1.165) is 25.1 Å². The molecule has 3 rings (SSSR count). The molecule has 152 valence electrons. The molecule has 5 nitrogen and oxygen atoms in total. The van der Waals surface area contributed by atoms with Crippen molar-refractivity contribution in [1.82, 2.24) is 10.6 Å². The van der Waals surface area contributed by atoms with Gasteiger partial charge in [-0.05, 0) is 56.0 Å². The average molecular weight is 405 g/mol. The molecular weight excluding hydrogens is 376 g/mol. The van der Waals surface area contributed by atoms with Gasteiger partial charge < -0.3 is 20.1 Å². The van der Waals surface area contributed by atoms with Crippen LogP contribution in [0.2, 0.25) is 0 Å². The molecule has 1 saturated heterocycles. The number of amides is 1. The summed E-state index contributed by atoms with van der Waals surface area (Å²) >= 11 is 0. The van der Waals surface area contributed by atoms with Gasteiger partial charge in [0, 0.05) is 6.54 Å². The van der Waals surface area contributed by atoms with E-state index in [1.807, 2.05) is 54.6 Å². The molecule has 1 aliphatic rings. The highest BCUT2D eigenvalue weighted by Gasteiger charge is 2.13. The number of carbonyl (C=O) groups excluding carboxylic acids is 1. The Kier molecular flexibility index (Phi) is 9.66. The molecule has 0 aromatic heterocycles. The largest absolute Gasteiger partial charge is 0.485 e. The van der Waals surface area contributed by atoms with Crippen LogP contribution < -0.4 is 20.1 Å². The standard InChI is InChI=1S/C22H28N2O3.ClH/c25-22(24-14-12-18-9-6-13-23-15-18)17-27-21-11-5-4-10-20(21)26-16-19-7-2-1-3-8-19;/h1-5,7-8,10-11,18,23H,6,9,12-17H2,(H,24,25);1H. The van der Waals surface area contributed by atoms with E-state index in [9.17, 15) is 4.79 Å². The number of para-hydroxylation sites is 2. The first kappa shape index (κ1) is 22.1. The fraction of sp³-hybridized carbons (Fsp3) is 0.409. The van der Waals surface area contributed by atoms with Crippen molar-refractivity contribution in [2.45, 2.75) is 25.9 Å². The van der Waals surface area contributed by atoms with Gasteiger partial charge in [-0.2, -0.15) is 0 Å². The van der Waals surface area contributed by atoms with Gasteiger partial charge in [-0.1, -0.05) is 42.5 Å². The molecule has 28 heavy (non-hydrogen) atoms. The summed E-state index contributed by atoms with van der Waals surface area (Å²) in [7, 11) is 0. The molecule has 0 bridgehead atoms. The van der Waals surface area contributed by atoms with Crippen LogP contribution in [-0.2, 0) is 11.4 Å². The lowest BCUT2D eigenvalue weighted by Crippen LogP contribution is -2.34. The normalized spacial score (nSPS) is 15.9. The Morgan fingerprint density at radius 2 is 1.75 bits per heavy atom. The van der Waals surface area contributed by atoms with Crippen LogP contribution in [0.3, 0.4) is 0 Å². The van der Waals surface area contributed by atoms with E-state index in [2.05, 4.69) is 10.6 Å². The Bertz CT molecular complexity index is 706. The van der Waals surface area contributed by atoms with Gasteiger partial charge in [-0.25, -0.2) is 0 Å². The van der Waals surface area contributed by atoms with E-state index in [4.69, 9.17) is 9.47 Å². The van der Waals surface area contributed by atoms with Crippen LogP contribution in [0, 0.1) is 5.92 Å². The summed E-state index contributed by atoms with van der Waals surface area (Å²) in [6, 6.07) is 17.4. The molecular formula is C22H29ClN2O3. The zero-order valence-electron chi connectivity index (χ0n) is 16.1. The quantitative estimate of drug-likeness (QED) is 0.670. The summed E-state index contributed by atoms with van der Waals surface area (Å²) in [6.45, 7) is 3.32. The summed E-state index contributed by atoms with van der Waals surface area (Å²) in [6.07, 6.45) is 3.47. The number of ether oxygens (including phenoxy) is 2. The molecule has 0 aliphatic carbocycles. The molecule has 2 N–H and O–H groups in total. The van der Waals surface area contributed by atoms with Crippen molar-refractivity contribution in [2.75, 3.05) is 26.2 Å². The van der Waals surface area contributed by atoms with Crippen molar-refractivity contribution in [2.24, 2.45) is 5.92 Å². The second-order valence-electron chi connectivity index (χ2n) is 6.86. The lowest BCUT2D eigenvalue weighted by molar-refractivity contribution is -0.123. The first-order chi connectivity index (χ1) is 13.3. The van der Waals surface area contributed by atoms with Gasteiger partial charge in [0.1, 0.15) is 6.61 Å². The van der Waals surface area contributed by atoms with Crippen LogP contribution in [0.25, 0.3) is 0 Å². The van der Waals surface area contributed by atoms with Crippen molar-refractivity contribution >= 4 is 18.3 Å². The second kappa shape index (κ2) is 12.3. The van der Waals surface area contributed by atoms with Gasteiger partial charge in [0.2, 0.25) is 0 Å². The van der Waals surface area contributed by atoms with Crippen molar-refractivity contribution in [3.05, 3.63) is 60.2 Å². The lowest BCUT2D eigenvalue weighted by Gasteiger charge is -2.22. The minimum Gasteiger partial charge on any atom is -0.485 e. The maximum absolute atomic E-state index is 12.1. The summed E-state index contributed by atoms with van der Waals surface area (Å²) in [4.78, 5) is 12.1. The maximum atomic E-state index is 12.1. The van der Waals surface area contributed by atoms with E-state index in [1.54, 1.807) is 0 Å². The van der Waals surface area contributed by atoms with Crippen LogP contribution in [-0.4, -0.2) is 32.1 Å². The third-order valence-corrected chi connectivity index (χ3v) is 4.72. The summed E-state index contributed by atoms with van der Waals surface area (Å²) in [5.74, 6) is 1.78. The van der Waals surface area contributed by atoms with E-state index in [0.29, 0.717) is 30.6 Å². The number of piperidine rings is 1. The smallest absolute Gasteiger partial charge is 0.257 e. The Labute approximate surface area is 173 Å². The number of benzene rings is 2. The number of nitrogens with one attached hydrogen (secondary N) is 2. The maximum Gasteiger partial charge on any atom is 0.257 e. The highest BCUT2D eigenvalue weighted by atomic mass is 35.5. The molecule has 1 amide bonds. The molecule has 1 atom stereocenters. The van der Waals surface area contributed by atoms with Crippen LogP contribution in [0.5, 0.6) is 11.5 Å². The fourth-order valence-electron chi connectivity index (χ4n) is 3.20. The van der Waals surface area contributed by atoms with E-state index < -0.39 is 0 Å². The van der Waals surface area contributed by atoms with Gasteiger partial charge >= 0.3 is 0 Å². The molecule has 1 unspecified atom stereocenters. The Hall–Kier alpha value is -2.24. The first-order valence-electron chi connectivity index (χ1n) is 9.67. The minimum atomic E-state index is -0.100.